The van der Waals surface area contributed by atoms with Crippen LogP contribution in [0.5, 0.6) is 0 Å². The number of benzene rings is 2. The Balaban J connectivity index is 2.25. The third kappa shape index (κ3) is 2.93. The Morgan fingerprint density at radius 2 is 1.72 bits per heavy atom. The highest BCUT2D eigenvalue weighted by molar-refractivity contribution is 9.10. The van der Waals surface area contributed by atoms with Gasteiger partial charge in [-0.2, -0.15) is 0 Å². The van der Waals surface area contributed by atoms with Crippen LogP contribution < -0.4 is 5.73 Å². The first-order valence-electron chi connectivity index (χ1n) is 5.53. The Bertz CT molecular complexity index is 533. The standard InChI is InChI=1S/C14H13BrClNO/c15-11-8-10(6-7-12(11)16)14(18)13(17)9-4-2-1-3-5-9/h1-8,13-14,18H,17H2. The van der Waals surface area contributed by atoms with E-state index in [0.717, 1.165) is 15.6 Å². The van der Waals surface area contributed by atoms with Gasteiger partial charge in [0.15, 0.2) is 0 Å². The van der Waals surface area contributed by atoms with Crippen molar-refractivity contribution in [3.05, 3.63) is 69.2 Å². The summed E-state index contributed by atoms with van der Waals surface area (Å²) >= 11 is 9.26. The number of hydrogen-bond acceptors (Lipinski definition) is 2. The molecule has 0 aliphatic carbocycles. The van der Waals surface area contributed by atoms with Crippen LogP contribution in [-0.2, 0) is 0 Å². The summed E-state index contributed by atoms with van der Waals surface area (Å²) < 4.78 is 0.751. The van der Waals surface area contributed by atoms with E-state index in [-0.39, 0.29) is 0 Å². The summed E-state index contributed by atoms with van der Waals surface area (Å²) in [6.07, 6.45) is -0.763. The van der Waals surface area contributed by atoms with Crippen LogP contribution in [0.25, 0.3) is 0 Å². The van der Waals surface area contributed by atoms with E-state index in [2.05, 4.69) is 15.9 Å². The lowest BCUT2D eigenvalue weighted by molar-refractivity contribution is 0.147. The highest BCUT2D eigenvalue weighted by Gasteiger charge is 2.19. The number of aliphatic hydroxyl groups excluding tert-OH is 1. The Hall–Kier alpha value is -0.870. The van der Waals surface area contributed by atoms with Crippen molar-refractivity contribution in [3.63, 3.8) is 0 Å². The first-order chi connectivity index (χ1) is 8.59. The number of nitrogens with two attached hydrogens (primary N) is 1. The van der Waals surface area contributed by atoms with E-state index in [4.69, 9.17) is 17.3 Å². The number of rotatable bonds is 3. The fourth-order valence-electron chi connectivity index (χ4n) is 1.76. The predicted octanol–water partition coefficient (Wildman–Crippen LogP) is 3.84. The Labute approximate surface area is 120 Å². The molecule has 2 rings (SSSR count). The zero-order chi connectivity index (χ0) is 13.1. The van der Waals surface area contributed by atoms with Crippen molar-refractivity contribution in [2.45, 2.75) is 12.1 Å². The van der Waals surface area contributed by atoms with Crippen molar-refractivity contribution in [3.8, 4) is 0 Å². The van der Waals surface area contributed by atoms with Crippen LogP contribution in [0.3, 0.4) is 0 Å². The first-order valence-corrected chi connectivity index (χ1v) is 6.70. The molecule has 2 nitrogen and oxygen atoms in total. The average Bonchev–Trinajstić information content (AvgIpc) is 2.41. The van der Waals surface area contributed by atoms with Crippen LogP contribution in [0.15, 0.2) is 53.0 Å². The van der Waals surface area contributed by atoms with Crippen molar-refractivity contribution in [1.29, 1.82) is 0 Å². The minimum absolute atomic E-state index is 0.459. The molecule has 0 spiro atoms. The molecule has 0 aliphatic heterocycles. The maximum atomic E-state index is 10.3. The van der Waals surface area contributed by atoms with Gasteiger partial charge < -0.3 is 10.8 Å². The predicted molar refractivity (Wildman–Crippen MR) is 77.5 cm³/mol. The van der Waals surface area contributed by atoms with Crippen molar-refractivity contribution in [2.75, 3.05) is 0 Å². The van der Waals surface area contributed by atoms with Gasteiger partial charge in [0.1, 0.15) is 0 Å². The molecule has 0 saturated carbocycles. The minimum Gasteiger partial charge on any atom is -0.386 e. The second-order valence-corrected chi connectivity index (χ2v) is 5.32. The number of aliphatic hydroxyl groups is 1. The Kier molecular flexibility index (Phi) is 4.40. The summed E-state index contributed by atoms with van der Waals surface area (Å²) in [6, 6.07) is 14.4. The molecule has 0 aliphatic rings. The van der Waals surface area contributed by atoms with E-state index in [9.17, 15) is 5.11 Å². The molecule has 0 aromatic heterocycles. The van der Waals surface area contributed by atoms with E-state index in [1.54, 1.807) is 18.2 Å². The van der Waals surface area contributed by atoms with E-state index in [0.29, 0.717) is 5.02 Å². The van der Waals surface area contributed by atoms with Crippen molar-refractivity contribution in [1.82, 2.24) is 0 Å². The molecule has 18 heavy (non-hydrogen) atoms. The van der Waals surface area contributed by atoms with Gasteiger partial charge in [-0.25, -0.2) is 0 Å². The fraction of sp³-hybridized carbons (Fsp3) is 0.143. The van der Waals surface area contributed by atoms with Crippen LogP contribution in [0, 0.1) is 0 Å². The largest absolute Gasteiger partial charge is 0.386 e. The Morgan fingerprint density at radius 1 is 1.06 bits per heavy atom. The molecule has 94 valence electrons. The van der Waals surface area contributed by atoms with E-state index < -0.39 is 12.1 Å². The molecule has 0 radical (unpaired) electrons. The Morgan fingerprint density at radius 3 is 2.33 bits per heavy atom. The van der Waals surface area contributed by atoms with Crippen LogP contribution >= 0.6 is 27.5 Å². The zero-order valence-corrected chi connectivity index (χ0v) is 11.9. The molecule has 2 unspecified atom stereocenters. The highest BCUT2D eigenvalue weighted by Crippen LogP contribution is 2.31. The average molecular weight is 327 g/mol. The lowest BCUT2D eigenvalue weighted by Crippen LogP contribution is -2.19. The van der Waals surface area contributed by atoms with E-state index in [1.165, 1.54) is 0 Å². The monoisotopic (exact) mass is 325 g/mol. The fourth-order valence-corrected chi connectivity index (χ4v) is 2.28. The van der Waals surface area contributed by atoms with Crippen LogP contribution in [0.2, 0.25) is 5.02 Å². The van der Waals surface area contributed by atoms with Gasteiger partial charge in [0.2, 0.25) is 0 Å². The molecule has 2 aromatic carbocycles. The summed E-state index contributed by atoms with van der Waals surface area (Å²) in [5, 5.41) is 10.9. The van der Waals surface area contributed by atoms with Gasteiger partial charge in [-0.1, -0.05) is 48.0 Å². The second-order valence-electron chi connectivity index (χ2n) is 4.05. The summed E-state index contributed by atoms with van der Waals surface area (Å²) in [7, 11) is 0. The van der Waals surface area contributed by atoms with Crippen LogP contribution in [-0.4, -0.2) is 5.11 Å². The lowest BCUT2D eigenvalue weighted by Gasteiger charge is -2.20. The molecule has 0 bridgehead atoms. The molecular formula is C14H13BrClNO. The quantitative estimate of drug-likeness (QED) is 0.900. The lowest BCUT2D eigenvalue weighted by atomic mass is 9.97. The van der Waals surface area contributed by atoms with Gasteiger partial charge in [-0.05, 0) is 39.2 Å². The zero-order valence-electron chi connectivity index (χ0n) is 9.55. The van der Waals surface area contributed by atoms with E-state index in [1.807, 2.05) is 30.3 Å². The topological polar surface area (TPSA) is 46.2 Å². The van der Waals surface area contributed by atoms with Crippen molar-refractivity contribution < 1.29 is 5.11 Å². The second kappa shape index (κ2) is 5.85. The molecular weight excluding hydrogens is 314 g/mol. The molecule has 0 saturated heterocycles. The number of hydrogen-bond donors (Lipinski definition) is 2. The summed E-state index contributed by atoms with van der Waals surface area (Å²) in [6.45, 7) is 0. The van der Waals surface area contributed by atoms with E-state index >= 15 is 0 Å². The number of halogens is 2. The van der Waals surface area contributed by atoms with Gasteiger partial charge in [-0.3, -0.25) is 0 Å². The minimum atomic E-state index is -0.763. The van der Waals surface area contributed by atoms with Gasteiger partial charge in [-0.15, -0.1) is 0 Å². The maximum absolute atomic E-state index is 10.3. The molecule has 2 aromatic rings. The molecule has 0 heterocycles. The molecule has 3 N–H and O–H groups in total. The van der Waals surface area contributed by atoms with Crippen molar-refractivity contribution in [2.24, 2.45) is 5.73 Å². The molecule has 4 heteroatoms. The SMILES string of the molecule is NC(c1ccccc1)C(O)c1ccc(Cl)c(Br)c1. The molecule has 0 amide bonds. The smallest absolute Gasteiger partial charge is 0.0982 e. The van der Waals surface area contributed by atoms with Crippen LogP contribution in [0.4, 0.5) is 0 Å². The van der Waals surface area contributed by atoms with Crippen LogP contribution in [0.1, 0.15) is 23.3 Å². The van der Waals surface area contributed by atoms with Gasteiger partial charge in [0.05, 0.1) is 17.2 Å². The third-order valence-corrected chi connectivity index (χ3v) is 4.02. The maximum Gasteiger partial charge on any atom is 0.0982 e. The normalized spacial score (nSPS) is 14.2. The highest BCUT2D eigenvalue weighted by atomic mass is 79.9. The van der Waals surface area contributed by atoms with Crippen molar-refractivity contribution >= 4 is 27.5 Å². The summed E-state index contributed by atoms with van der Waals surface area (Å²) in [4.78, 5) is 0. The van der Waals surface area contributed by atoms with Gasteiger partial charge >= 0.3 is 0 Å². The molecule has 0 fully saturated rings. The van der Waals surface area contributed by atoms with Gasteiger partial charge in [0, 0.05) is 4.47 Å². The summed E-state index contributed by atoms with van der Waals surface area (Å²) in [5.74, 6) is 0. The van der Waals surface area contributed by atoms with Gasteiger partial charge in [0.25, 0.3) is 0 Å². The third-order valence-electron chi connectivity index (χ3n) is 2.81. The summed E-state index contributed by atoms with van der Waals surface area (Å²) in [5.41, 5.74) is 7.70. The first kappa shape index (κ1) is 13.6. The molecule has 2 atom stereocenters.